The predicted molar refractivity (Wildman–Crippen MR) is 97.3 cm³/mol. The van der Waals surface area contributed by atoms with Crippen LogP contribution in [0.4, 0.5) is 0 Å². The number of aliphatic carboxylic acids is 1. The molecule has 27 heavy (non-hydrogen) atoms. The topological polar surface area (TPSA) is 107 Å². The Balaban J connectivity index is 2.20. The largest absolute Gasteiger partial charge is 0.477 e. The van der Waals surface area contributed by atoms with Gasteiger partial charge in [0.05, 0.1) is 5.92 Å². The number of rotatable bonds is 3. The molecule has 1 saturated heterocycles. The normalized spacial score (nSPS) is 27.7. The number of fused-ring (bicyclic) bond motifs is 2. The number of ether oxygens (including phenoxy) is 1. The summed E-state index contributed by atoms with van der Waals surface area (Å²) in [5.74, 6) is -3.50. The molecule has 4 unspecified atom stereocenters. The fourth-order valence-corrected chi connectivity index (χ4v) is 3.84. The Morgan fingerprint density at radius 1 is 1.15 bits per heavy atom. The average molecular weight is 375 g/mol. The number of aliphatic hydroxyl groups excluding tert-OH is 2. The van der Waals surface area contributed by atoms with Gasteiger partial charge >= 0.3 is 11.9 Å². The van der Waals surface area contributed by atoms with Crippen molar-refractivity contribution in [3.05, 3.63) is 41.1 Å². The highest BCUT2D eigenvalue weighted by Crippen LogP contribution is 2.46. The quantitative estimate of drug-likeness (QED) is 0.685. The molecule has 3 rings (SSSR count). The Morgan fingerprint density at radius 3 is 2.26 bits per heavy atom. The van der Waals surface area contributed by atoms with Gasteiger partial charge in [0.15, 0.2) is 6.23 Å². The number of carbonyl (C=O) groups excluding carboxylic acids is 1. The number of hydrogen-bond donors (Lipinski definition) is 3. The SMILES string of the molecule is Cc1ccc(C2=C(C(=O)O)N3CC(C2C(=O)OC(C)(C)C)C(O)C3O)cc1. The van der Waals surface area contributed by atoms with E-state index in [9.17, 15) is 24.9 Å². The average Bonchev–Trinajstić information content (AvgIpc) is 2.79. The molecule has 2 heterocycles. The highest BCUT2D eigenvalue weighted by atomic mass is 16.6. The number of benzene rings is 1. The smallest absolute Gasteiger partial charge is 0.352 e. The first-order valence-corrected chi connectivity index (χ1v) is 8.91. The molecule has 0 amide bonds. The molecule has 146 valence electrons. The summed E-state index contributed by atoms with van der Waals surface area (Å²) in [5.41, 5.74) is 0.880. The molecule has 2 aliphatic heterocycles. The number of carboxylic acid groups (broad SMARTS) is 1. The number of carbonyl (C=O) groups is 2. The van der Waals surface area contributed by atoms with Gasteiger partial charge in [-0.05, 0) is 33.3 Å². The number of nitrogens with zero attached hydrogens (tertiary/aromatic N) is 1. The lowest BCUT2D eigenvalue weighted by Gasteiger charge is -2.35. The monoisotopic (exact) mass is 375 g/mol. The van der Waals surface area contributed by atoms with Crippen LogP contribution in [-0.2, 0) is 14.3 Å². The standard InChI is InChI=1S/C20H25NO6/c1-10-5-7-11(8-6-10)13-14(19(26)27-20(2,3)4)12-9-21(15(13)18(24)25)17(23)16(12)22/h5-8,12,14,16-17,22-23H,9H2,1-4H3,(H,24,25). The summed E-state index contributed by atoms with van der Waals surface area (Å²) in [6, 6.07) is 7.14. The van der Waals surface area contributed by atoms with E-state index in [-0.39, 0.29) is 17.8 Å². The minimum Gasteiger partial charge on any atom is -0.477 e. The van der Waals surface area contributed by atoms with Crippen molar-refractivity contribution in [2.75, 3.05) is 6.54 Å². The zero-order chi connectivity index (χ0) is 20.1. The van der Waals surface area contributed by atoms with Gasteiger partial charge in [0.25, 0.3) is 0 Å². The summed E-state index contributed by atoms with van der Waals surface area (Å²) < 4.78 is 5.54. The maximum Gasteiger partial charge on any atom is 0.352 e. The van der Waals surface area contributed by atoms with Gasteiger partial charge in [-0.1, -0.05) is 29.8 Å². The zero-order valence-electron chi connectivity index (χ0n) is 15.8. The van der Waals surface area contributed by atoms with Crippen LogP contribution < -0.4 is 0 Å². The second kappa shape index (κ2) is 6.65. The Kier molecular flexibility index (Phi) is 4.78. The van der Waals surface area contributed by atoms with Crippen LogP contribution in [0.1, 0.15) is 31.9 Å². The number of hydrogen-bond acceptors (Lipinski definition) is 6. The van der Waals surface area contributed by atoms with Crippen LogP contribution in [0.2, 0.25) is 0 Å². The molecule has 0 spiro atoms. The Morgan fingerprint density at radius 2 is 1.74 bits per heavy atom. The molecule has 0 radical (unpaired) electrons. The van der Waals surface area contributed by atoms with Gasteiger partial charge in [-0.2, -0.15) is 0 Å². The van der Waals surface area contributed by atoms with Crippen molar-refractivity contribution in [1.82, 2.24) is 4.90 Å². The molecule has 0 saturated carbocycles. The van der Waals surface area contributed by atoms with Gasteiger partial charge in [0.2, 0.25) is 0 Å². The Labute approximate surface area is 157 Å². The van der Waals surface area contributed by atoms with E-state index in [1.807, 2.05) is 19.1 Å². The molecule has 0 aromatic heterocycles. The highest BCUT2D eigenvalue weighted by molar-refractivity contribution is 6.02. The van der Waals surface area contributed by atoms with Crippen LogP contribution in [0.3, 0.4) is 0 Å². The fourth-order valence-electron chi connectivity index (χ4n) is 3.84. The molecule has 7 nitrogen and oxygen atoms in total. The van der Waals surface area contributed by atoms with Crippen molar-refractivity contribution in [2.45, 2.75) is 45.6 Å². The molecule has 0 aliphatic carbocycles. The van der Waals surface area contributed by atoms with E-state index in [1.165, 1.54) is 4.90 Å². The molecule has 2 aliphatic rings. The first-order valence-electron chi connectivity index (χ1n) is 8.91. The van der Waals surface area contributed by atoms with Crippen LogP contribution >= 0.6 is 0 Å². The van der Waals surface area contributed by atoms with Crippen molar-refractivity contribution in [1.29, 1.82) is 0 Å². The molecular formula is C20H25NO6. The second-order valence-electron chi connectivity index (χ2n) is 8.17. The van der Waals surface area contributed by atoms with E-state index in [4.69, 9.17) is 4.74 Å². The predicted octanol–water partition coefficient (Wildman–Crippen LogP) is 1.37. The molecule has 4 atom stereocenters. The van der Waals surface area contributed by atoms with Crippen LogP contribution in [0.15, 0.2) is 30.0 Å². The van der Waals surface area contributed by atoms with Gasteiger partial charge < -0.3 is 25.0 Å². The Hall–Kier alpha value is -2.38. The molecule has 3 N–H and O–H groups in total. The summed E-state index contributed by atoms with van der Waals surface area (Å²) in [4.78, 5) is 26.3. The number of carboxylic acids is 1. The maximum atomic E-state index is 13.0. The van der Waals surface area contributed by atoms with Crippen LogP contribution in [0.5, 0.6) is 0 Å². The van der Waals surface area contributed by atoms with E-state index in [1.54, 1.807) is 32.9 Å². The number of aryl methyl sites for hydroxylation is 1. The summed E-state index contributed by atoms with van der Waals surface area (Å²) in [6.45, 7) is 7.17. The first-order chi connectivity index (χ1) is 12.5. The van der Waals surface area contributed by atoms with Crippen LogP contribution in [-0.4, -0.2) is 56.6 Å². The van der Waals surface area contributed by atoms with E-state index in [0.29, 0.717) is 5.56 Å². The van der Waals surface area contributed by atoms with E-state index < -0.39 is 41.7 Å². The third kappa shape index (κ3) is 3.44. The van der Waals surface area contributed by atoms with Crippen molar-refractivity contribution < 1.29 is 29.6 Å². The summed E-state index contributed by atoms with van der Waals surface area (Å²) in [5, 5.41) is 30.7. The van der Waals surface area contributed by atoms with Gasteiger partial charge in [-0.15, -0.1) is 0 Å². The maximum absolute atomic E-state index is 13.0. The van der Waals surface area contributed by atoms with Crippen LogP contribution in [0, 0.1) is 18.8 Å². The van der Waals surface area contributed by atoms with Gasteiger partial charge in [-0.3, -0.25) is 4.79 Å². The lowest BCUT2D eigenvalue weighted by molar-refractivity contribution is -0.160. The highest BCUT2D eigenvalue weighted by Gasteiger charge is 2.55. The van der Waals surface area contributed by atoms with Gasteiger partial charge in [0, 0.05) is 18.0 Å². The fraction of sp³-hybridized carbons (Fsp3) is 0.500. The van der Waals surface area contributed by atoms with E-state index >= 15 is 0 Å². The summed E-state index contributed by atoms with van der Waals surface area (Å²) in [6.07, 6.45) is -2.63. The van der Waals surface area contributed by atoms with E-state index in [2.05, 4.69) is 0 Å². The van der Waals surface area contributed by atoms with Gasteiger partial charge in [0.1, 0.15) is 17.4 Å². The minimum atomic E-state index is -1.38. The molecule has 7 heteroatoms. The molecule has 1 aromatic rings. The summed E-state index contributed by atoms with van der Waals surface area (Å²) >= 11 is 0. The summed E-state index contributed by atoms with van der Waals surface area (Å²) in [7, 11) is 0. The zero-order valence-corrected chi connectivity index (χ0v) is 15.8. The van der Waals surface area contributed by atoms with Crippen molar-refractivity contribution >= 4 is 17.5 Å². The lowest BCUT2D eigenvalue weighted by Crippen LogP contribution is -2.41. The molecule has 2 bridgehead atoms. The van der Waals surface area contributed by atoms with Crippen molar-refractivity contribution in [3.8, 4) is 0 Å². The third-order valence-electron chi connectivity index (χ3n) is 4.98. The number of esters is 1. The first kappa shape index (κ1) is 19.4. The van der Waals surface area contributed by atoms with Crippen molar-refractivity contribution in [2.24, 2.45) is 11.8 Å². The minimum absolute atomic E-state index is 0.0727. The van der Waals surface area contributed by atoms with Crippen molar-refractivity contribution in [3.63, 3.8) is 0 Å². The Bertz CT molecular complexity index is 792. The molecule has 1 fully saturated rings. The molecule has 1 aromatic carbocycles. The third-order valence-corrected chi connectivity index (χ3v) is 4.98. The lowest BCUT2D eigenvalue weighted by atomic mass is 9.78. The van der Waals surface area contributed by atoms with Gasteiger partial charge in [-0.25, -0.2) is 4.79 Å². The second-order valence-corrected chi connectivity index (χ2v) is 8.17. The van der Waals surface area contributed by atoms with Crippen LogP contribution in [0.25, 0.3) is 5.57 Å². The molecular weight excluding hydrogens is 350 g/mol. The van der Waals surface area contributed by atoms with E-state index in [0.717, 1.165) is 5.56 Å². The number of aliphatic hydroxyl groups is 2.